The SMILES string of the molecule is O=[N+]([O-])/C=C/c1cc(Br)cnc1Cl. The summed E-state index contributed by atoms with van der Waals surface area (Å²) in [7, 11) is 0. The molecule has 0 saturated heterocycles. The quantitative estimate of drug-likeness (QED) is 0.468. The lowest BCUT2D eigenvalue weighted by Gasteiger charge is -1.95. The minimum absolute atomic E-state index is 0.237. The van der Waals surface area contributed by atoms with Crippen LogP contribution >= 0.6 is 27.5 Å². The van der Waals surface area contributed by atoms with Gasteiger partial charge < -0.3 is 0 Å². The van der Waals surface area contributed by atoms with Crippen LogP contribution in [0.5, 0.6) is 0 Å². The van der Waals surface area contributed by atoms with Gasteiger partial charge in [0.2, 0.25) is 6.20 Å². The maximum atomic E-state index is 10.0. The Hall–Kier alpha value is -0.940. The second-order valence-electron chi connectivity index (χ2n) is 2.13. The normalized spacial score (nSPS) is 10.6. The van der Waals surface area contributed by atoms with Gasteiger partial charge >= 0.3 is 0 Å². The molecule has 1 rings (SSSR count). The first-order valence-electron chi connectivity index (χ1n) is 3.22. The average molecular weight is 263 g/mol. The number of pyridine rings is 1. The summed E-state index contributed by atoms with van der Waals surface area (Å²) < 4.78 is 0.722. The maximum Gasteiger partial charge on any atom is 0.235 e. The van der Waals surface area contributed by atoms with E-state index < -0.39 is 4.92 Å². The van der Waals surface area contributed by atoms with Crippen molar-refractivity contribution < 1.29 is 4.92 Å². The van der Waals surface area contributed by atoms with Gasteiger partial charge in [-0.25, -0.2) is 4.98 Å². The zero-order valence-electron chi connectivity index (χ0n) is 6.28. The van der Waals surface area contributed by atoms with E-state index in [0.717, 1.165) is 10.7 Å². The van der Waals surface area contributed by atoms with Crippen LogP contribution < -0.4 is 0 Å². The molecule has 0 aromatic carbocycles. The fraction of sp³-hybridized carbons (Fsp3) is 0. The van der Waals surface area contributed by atoms with Gasteiger partial charge in [0.1, 0.15) is 5.15 Å². The first-order chi connectivity index (χ1) is 6.09. The summed E-state index contributed by atoms with van der Waals surface area (Å²) in [6.45, 7) is 0. The van der Waals surface area contributed by atoms with E-state index in [0.29, 0.717) is 5.56 Å². The topological polar surface area (TPSA) is 56.0 Å². The van der Waals surface area contributed by atoms with Gasteiger partial charge in [-0.15, -0.1) is 0 Å². The molecule has 0 unspecified atom stereocenters. The minimum Gasteiger partial charge on any atom is -0.259 e. The molecule has 0 saturated carbocycles. The van der Waals surface area contributed by atoms with Crippen LogP contribution in [0.2, 0.25) is 5.15 Å². The van der Waals surface area contributed by atoms with Crippen molar-refractivity contribution in [3.05, 3.63) is 43.8 Å². The van der Waals surface area contributed by atoms with Gasteiger partial charge in [-0.05, 0) is 22.0 Å². The van der Waals surface area contributed by atoms with Crippen molar-refractivity contribution in [3.63, 3.8) is 0 Å². The third-order valence-corrected chi connectivity index (χ3v) is 1.96. The molecule has 1 aromatic rings. The van der Waals surface area contributed by atoms with Gasteiger partial charge in [0, 0.05) is 22.3 Å². The first kappa shape index (κ1) is 10.1. The van der Waals surface area contributed by atoms with E-state index in [4.69, 9.17) is 11.6 Å². The highest BCUT2D eigenvalue weighted by atomic mass is 79.9. The standard InChI is InChI=1S/C7H4BrClN2O2/c8-6-3-5(1-2-11(12)13)7(9)10-4-6/h1-4H/b2-1+. The summed E-state index contributed by atoms with van der Waals surface area (Å²) >= 11 is 8.85. The predicted molar refractivity (Wildman–Crippen MR) is 53.0 cm³/mol. The molecule has 1 heterocycles. The average Bonchev–Trinajstić information content (AvgIpc) is 2.06. The van der Waals surface area contributed by atoms with E-state index >= 15 is 0 Å². The zero-order chi connectivity index (χ0) is 9.84. The highest BCUT2D eigenvalue weighted by Gasteiger charge is 1.99. The lowest BCUT2D eigenvalue weighted by atomic mass is 10.3. The van der Waals surface area contributed by atoms with Crippen molar-refractivity contribution >= 4 is 33.6 Å². The van der Waals surface area contributed by atoms with Crippen LogP contribution in [0.3, 0.4) is 0 Å². The molecule has 0 atom stereocenters. The summed E-state index contributed by atoms with van der Waals surface area (Å²) in [6.07, 6.45) is 3.63. The smallest absolute Gasteiger partial charge is 0.235 e. The van der Waals surface area contributed by atoms with E-state index in [1.54, 1.807) is 6.07 Å². The van der Waals surface area contributed by atoms with Crippen LogP contribution in [0.15, 0.2) is 22.9 Å². The molecule has 0 spiro atoms. The molecule has 13 heavy (non-hydrogen) atoms. The van der Waals surface area contributed by atoms with Crippen LogP contribution in [-0.4, -0.2) is 9.91 Å². The third kappa shape index (κ3) is 3.12. The van der Waals surface area contributed by atoms with E-state index in [1.165, 1.54) is 12.3 Å². The molecule has 68 valence electrons. The van der Waals surface area contributed by atoms with Crippen molar-refractivity contribution in [1.82, 2.24) is 4.98 Å². The Labute approximate surface area is 87.5 Å². The molecule has 0 amide bonds. The zero-order valence-corrected chi connectivity index (χ0v) is 8.62. The molecule has 0 aliphatic carbocycles. The van der Waals surface area contributed by atoms with Gasteiger partial charge in [0.15, 0.2) is 0 Å². The van der Waals surface area contributed by atoms with E-state index in [2.05, 4.69) is 20.9 Å². The van der Waals surface area contributed by atoms with Crippen LogP contribution in [0.1, 0.15) is 5.56 Å². The summed E-state index contributed by atoms with van der Waals surface area (Å²) in [6, 6.07) is 1.65. The van der Waals surface area contributed by atoms with Crippen molar-refractivity contribution in [2.24, 2.45) is 0 Å². The predicted octanol–water partition coefficient (Wildman–Crippen LogP) is 2.74. The molecule has 0 N–H and O–H groups in total. The molecular weight excluding hydrogens is 259 g/mol. The Balaban J connectivity index is 3.00. The van der Waals surface area contributed by atoms with Crippen LogP contribution in [0, 0.1) is 10.1 Å². The van der Waals surface area contributed by atoms with Gasteiger partial charge in [0.05, 0.1) is 4.92 Å². The molecule has 0 bridgehead atoms. The highest BCUT2D eigenvalue weighted by molar-refractivity contribution is 9.10. The van der Waals surface area contributed by atoms with E-state index in [9.17, 15) is 10.1 Å². The third-order valence-electron chi connectivity index (χ3n) is 1.21. The second kappa shape index (κ2) is 4.34. The number of hydrogen-bond acceptors (Lipinski definition) is 3. The fourth-order valence-electron chi connectivity index (χ4n) is 0.696. The van der Waals surface area contributed by atoms with Crippen molar-refractivity contribution in [3.8, 4) is 0 Å². The molecule has 0 aliphatic heterocycles. The maximum absolute atomic E-state index is 10.0. The largest absolute Gasteiger partial charge is 0.259 e. The Morgan fingerprint density at radius 3 is 3.00 bits per heavy atom. The number of nitrogens with zero attached hydrogens (tertiary/aromatic N) is 2. The molecular formula is C7H4BrClN2O2. The Bertz CT molecular complexity index is 368. The van der Waals surface area contributed by atoms with E-state index in [-0.39, 0.29) is 5.15 Å². The number of rotatable bonds is 2. The lowest BCUT2D eigenvalue weighted by Crippen LogP contribution is -1.85. The first-order valence-corrected chi connectivity index (χ1v) is 4.39. The number of aromatic nitrogens is 1. The van der Waals surface area contributed by atoms with Gasteiger partial charge in [0.25, 0.3) is 0 Å². The van der Waals surface area contributed by atoms with Crippen LogP contribution in [0.25, 0.3) is 6.08 Å². The Morgan fingerprint density at radius 1 is 1.69 bits per heavy atom. The van der Waals surface area contributed by atoms with Crippen LogP contribution in [-0.2, 0) is 0 Å². The van der Waals surface area contributed by atoms with Crippen molar-refractivity contribution in [2.75, 3.05) is 0 Å². The van der Waals surface area contributed by atoms with Crippen molar-refractivity contribution in [2.45, 2.75) is 0 Å². The summed E-state index contributed by atoms with van der Waals surface area (Å²) in [5.41, 5.74) is 0.507. The van der Waals surface area contributed by atoms with E-state index in [1.807, 2.05) is 0 Å². The summed E-state index contributed by atoms with van der Waals surface area (Å²) in [5, 5.41) is 10.2. The highest BCUT2D eigenvalue weighted by Crippen LogP contribution is 2.18. The molecule has 0 aliphatic rings. The minimum atomic E-state index is -0.558. The van der Waals surface area contributed by atoms with Crippen LogP contribution in [0.4, 0.5) is 0 Å². The van der Waals surface area contributed by atoms with Gasteiger partial charge in [-0.2, -0.15) is 0 Å². The Kier molecular flexibility index (Phi) is 3.39. The van der Waals surface area contributed by atoms with Crippen molar-refractivity contribution in [1.29, 1.82) is 0 Å². The van der Waals surface area contributed by atoms with Gasteiger partial charge in [-0.3, -0.25) is 10.1 Å². The van der Waals surface area contributed by atoms with Gasteiger partial charge in [-0.1, -0.05) is 11.6 Å². The molecule has 0 fully saturated rings. The molecule has 0 radical (unpaired) electrons. The summed E-state index contributed by atoms with van der Waals surface area (Å²) in [4.78, 5) is 13.3. The lowest BCUT2D eigenvalue weighted by molar-refractivity contribution is -0.400. The second-order valence-corrected chi connectivity index (χ2v) is 3.41. The number of nitro groups is 1. The molecule has 4 nitrogen and oxygen atoms in total. The summed E-state index contributed by atoms with van der Waals surface area (Å²) in [5.74, 6) is 0. The Morgan fingerprint density at radius 2 is 2.38 bits per heavy atom. The fourth-order valence-corrected chi connectivity index (χ4v) is 1.21. The monoisotopic (exact) mass is 262 g/mol. The molecule has 1 aromatic heterocycles. The molecule has 6 heteroatoms. The number of halogens is 2. The number of hydrogen-bond donors (Lipinski definition) is 0.